The number of primary amides is 1. The molecule has 0 fully saturated rings. The van der Waals surface area contributed by atoms with Crippen molar-refractivity contribution in [3.63, 3.8) is 0 Å². The molecule has 4 heteroatoms. The van der Waals surface area contributed by atoms with Gasteiger partial charge in [0.05, 0.1) is 0 Å². The van der Waals surface area contributed by atoms with Crippen LogP contribution in [0.2, 0.25) is 5.04 Å². The second-order valence-corrected chi connectivity index (χ2v) is 5.22. The summed E-state index contributed by atoms with van der Waals surface area (Å²) in [5, 5.41) is -0.415. The van der Waals surface area contributed by atoms with Crippen LogP contribution in [0.3, 0.4) is 0 Å². The lowest BCUT2D eigenvalue weighted by Gasteiger charge is -2.13. The van der Waals surface area contributed by atoms with Gasteiger partial charge < -0.3 is 5.73 Å². The topological polar surface area (TPSA) is 43.1 Å². The molecule has 0 unspecified atom stereocenters. The van der Waals surface area contributed by atoms with Crippen molar-refractivity contribution in [2.45, 2.75) is 18.9 Å². The molecule has 0 atom stereocenters. The molecule has 0 aliphatic carbocycles. The summed E-state index contributed by atoms with van der Waals surface area (Å²) >= 11 is 5.53. The Kier molecular flexibility index (Phi) is 2.50. The molecule has 0 aliphatic heterocycles. The summed E-state index contributed by atoms with van der Waals surface area (Å²) in [7, 11) is -0.808. The minimum absolute atomic E-state index is 0.292. The number of amides is 1. The predicted octanol–water partition coefficient (Wildman–Crippen LogP) is -0.00720. The van der Waals surface area contributed by atoms with Crippen LogP contribution < -0.4 is 5.73 Å². The van der Waals surface area contributed by atoms with Crippen LogP contribution in [0.15, 0.2) is 0 Å². The molecule has 0 rings (SSSR count). The van der Waals surface area contributed by atoms with Crippen LogP contribution in [-0.4, -0.2) is 14.7 Å². The van der Waals surface area contributed by atoms with Gasteiger partial charge in [-0.05, 0) is 0 Å². The maximum absolute atomic E-state index is 10.4. The normalized spacial score (nSPS) is 12.9. The van der Waals surface area contributed by atoms with Gasteiger partial charge in [-0.15, -0.1) is 0 Å². The lowest BCUT2D eigenvalue weighted by Crippen LogP contribution is -2.28. The summed E-state index contributed by atoms with van der Waals surface area (Å²) < 4.78 is 0. The molecule has 0 aliphatic rings. The van der Waals surface area contributed by atoms with Crippen molar-refractivity contribution in [2.24, 2.45) is 5.73 Å². The molecule has 0 aromatic heterocycles. The van der Waals surface area contributed by atoms with E-state index in [1.165, 1.54) is 0 Å². The Labute approximate surface area is 55.9 Å². The zero-order valence-corrected chi connectivity index (χ0v) is 7.24. The lowest BCUT2D eigenvalue weighted by atomic mass is 10.2. The Morgan fingerprint density at radius 3 is 2.12 bits per heavy atom. The van der Waals surface area contributed by atoms with Crippen LogP contribution in [0, 0.1) is 0 Å². The van der Waals surface area contributed by atoms with Gasteiger partial charge in [0.1, 0.15) is 8.83 Å². The smallest absolute Gasteiger partial charge is 0.221 e. The second kappa shape index (κ2) is 2.50. The molecule has 2 nitrogen and oxygen atoms in total. The van der Waals surface area contributed by atoms with Crippen molar-refractivity contribution in [2.75, 3.05) is 0 Å². The van der Waals surface area contributed by atoms with E-state index in [0.717, 1.165) is 0 Å². The number of carbonyl (C=O) groups excluding carboxylic acids is 1. The van der Waals surface area contributed by atoms with Crippen LogP contribution in [0.5, 0.6) is 0 Å². The van der Waals surface area contributed by atoms with Gasteiger partial charge in [-0.3, -0.25) is 4.79 Å². The molecule has 8 heavy (non-hydrogen) atoms. The number of halogens is 1. The molecule has 0 spiro atoms. The molecule has 0 saturated carbocycles. The molecule has 0 bridgehead atoms. The third kappa shape index (κ3) is 1.84. The Balaban J connectivity index is 3.91. The Morgan fingerprint density at radius 2 is 2.12 bits per heavy atom. The summed E-state index contributed by atoms with van der Waals surface area (Å²) in [6.07, 6.45) is 0. The van der Waals surface area contributed by atoms with E-state index in [2.05, 4.69) is 0 Å². The molecule has 2 N–H and O–H groups in total. The SMILES string of the molecule is CC(C)([SiH2]Cl)C(N)=O. The number of rotatable bonds is 2. The fraction of sp³-hybridized carbons (Fsp3) is 0.750. The summed E-state index contributed by atoms with van der Waals surface area (Å²) in [5.74, 6) is -0.292. The molecule has 0 aromatic rings. The third-order valence-electron chi connectivity index (χ3n) is 1.00. The highest BCUT2D eigenvalue weighted by molar-refractivity contribution is 6.97. The lowest BCUT2D eigenvalue weighted by molar-refractivity contribution is -0.120. The molecule has 0 saturated heterocycles. The standard InChI is InChI=1S/C4H10ClNOSi/c1-4(2,8-5)3(6)7/h8H2,1-2H3,(H2,6,7). The van der Waals surface area contributed by atoms with Gasteiger partial charge in [0, 0.05) is 5.04 Å². The van der Waals surface area contributed by atoms with Gasteiger partial charge in [-0.2, -0.15) is 11.1 Å². The summed E-state index contributed by atoms with van der Waals surface area (Å²) in [6.45, 7) is 3.54. The van der Waals surface area contributed by atoms with Gasteiger partial charge in [0.25, 0.3) is 0 Å². The van der Waals surface area contributed by atoms with E-state index in [-0.39, 0.29) is 5.91 Å². The van der Waals surface area contributed by atoms with E-state index in [1.54, 1.807) is 13.8 Å². The number of hydrogen-bond acceptors (Lipinski definition) is 1. The minimum Gasteiger partial charge on any atom is -0.369 e. The number of nitrogens with two attached hydrogens (primary N) is 1. The summed E-state index contributed by atoms with van der Waals surface area (Å²) in [5.41, 5.74) is 4.99. The highest BCUT2D eigenvalue weighted by atomic mass is 35.6. The van der Waals surface area contributed by atoms with Crippen molar-refractivity contribution >= 4 is 25.8 Å². The van der Waals surface area contributed by atoms with Crippen molar-refractivity contribution in [1.82, 2.24) is 0 Å². The zero-order valence-electron chi connectivity index (χ0n) is 5.07. The van der Waals surface area contributed by atoms with Gasteiger partial charge >= 0.3 is 0 Å². The van der Waals surface area contributed by atoms with E-state index in [9.17, 15) is 4.79 Å². The fourth-order valence-corrected chi connectivity index (χ4v) is 0.593. The molecule has 0 aromatic carbocycles. The van der Waals surface area contributed by atoms with Crippen molar-refractivity contribution in [3.05, 3.63) is 0 Å². The van der Waals surface area contributed by atoms with Crippen molar-refractivity contribution in [1.29, 1.82) is 0 Å². The van der Waals surface area contributed by atoms with Crippen LogP contribution in [0.4, 0.5) is 0 Å². The van der Waals surface area contributed by atoms with Gasteiger partial charge in [0.15, 0.2) is 0 Å². The first kappa shape index (κ1) is 7.98. The monoisotopic (exact) mass is 151 g/mol. The van der Waals surface area contributed by atoms with Crippen molar-refractivity contribution < 1.29 is 4.79 Å². The summed E-state index contributed by atoms with van der Waals surface area (Å²) in [4.78, 5) is 10.4. The average molecular weight is 152 g/mol. The number of carbonyl (C=O) groups is 1. The second-order valence-electron chi connectivity index (χ2n) is 2.38. The maximum Gasteiger partial charge on any atom is 0.221 e. The van der Waals surface area contributed by atoms with E-state index in [0.29, 0.717) is 0 Å². The quantitative estimate of drug-likeness (QED) is 0.438. The molecule has 48 valence electrons. The fourth-order valence-electron chi connectivity index (χ4n) is 0.0659. The van der Waals surface area contributed by atoms with Crippen LogP contribution in [0.1, 0.15) is 13.8 Å². The Morgan fingerprint density at radius 1 is 1.75 bits per heavy atom. The largest absolute Gasteiger partial charge is 0.369 e. The Hall–Kier alpha value is -0.0231. The van der Waals surface area contributed by atoms with Gasteiger partial charge in [-0.25, -0.2) is 0 Å². The van der Waals surface area contributed by atoms with E-state index < -0.39 is 13.9 Å². The minimum atomic E-state index is -0.808. The molecular weight excluding hydrogens is 142 g/mol. The summed E-state index contributed by atoms with van der Waals surface area (Å²) in [6, 6.07) is 0. The third-order valence-corrected chi connectivity index (χ3v) is 4.02. The van der Waals surface area contributed by atoms with E-state index in [4.69, 9.17) is 16.8 Å². The van der Waals surface area contributed by atoms with E-state index in [1.807, 2.05) is 0 Å². The Bertz CT molecular complexity index is 104. The average Bonchev–Trinajstić information content (AvgIpc) is 1.67. The molecule has 0 radical (unpaired) electrons. The highest BCUT2D eigenvalue weighted by Gasteiger charge is 2.23. The first-order valence-corrected chi connectivity index (χ1v) is 5.21. The molecular formula is C4H10ClNOSi. The van der Waals surface area contributed by atoms with Gasteiger partial charge in [0.2, 0.25) is 5.91 Å². The van der Waals surface area contributed by atoms with Crippen LogP contribution >= 0.6 is 11.1 Å². The zero-order chi connectivity index (χ0) is 6.78. The number of hydrogen-bond donors (Lipinski definition) is 1. The first-order valence-electron chi connectivity index (χ1n) is 2.36. The highest BCUT2D eigenvalue weighted by Crippen LogP contribution is 2.21. The first-order chi connectivity index (χ1) is 3.50. The predicted molar refractivity (Wildman–Crippen MR) is 37.6 cm³/mol. The van der Waals surface area contributed by atoms with E-state index >= 15 is 0 Å². The van der Waals surface area contributed by atoms with Crippen LogP contribution in [-0.2, 0) is 4.79 Å². The van der Waals surface area contributed by atoms with Crippen molar-refractivity contribution in [3.8, 4) is 0 Å². The molecule has 1 amide bonds. The maximum atomic E-state index is 10.4. The van der Waals surface area contributed by atoms with Gasteiger partial charge in [-0.1, -0.05) is 13.8 Å². The molecule has 0 heterocycles. The van der Waals surface area contributed by atoms with Crippen LogP contribution in [0.25, 0.3) is 0 Å².